The average Bonchev–Trinajstić information content (AvgIpc) is 3.00. The number of amides is 1. The lowest BCUT2D eigenvalue weighted by atomic mass is 10.1. The molecule has 0 unspecified atom stereocenters. The van der Waals surface area contributed by atoms with Gasteiger partial charge in [-0.2, -0.15) is 0 Å². The van der Waals surface area contributed by atoms with Gasteiger partial charge in [0.2, 0.25) is 0 Å². The Morgan fingerprint density at radius 2 is 2.17 bits per heavy atom. The molecule has 2 aromatic rings. The molecule has 0 aliphatic carbocycles. The number of aromatic nitrogens is 3. The Morgan fingerprint density at radius 3 is 2.83 bits per heavy atom. The van der Waals surface area contributed by atoms with Crippen LogP contribution in [-0.4, -0.2) is 61.5 Å². The summed E-state index contributed by atoms with van der Waals surface area (Å²) in [4.78, 5) is 25.2. The van der Waals surface area contributed by atoms with Crippen LogP contribution in [0.1, 0.15) is 29.3 Å². The Hall–Kier alpha value is -2.41. The lowest BCUT2D eigenvalue weighted by Gasteiger charge is -2.40. The van der Waals surface area contributed by atoms with Crippen molar-refractivity contribution >= 4 is 5.91 Å². The molecular formula is C16H21N5O2. The second kappa shape index (κ2) is 6.37. The van der Waals surface area contributed by atoms with Crippen LogP contribution in [0.25, 0.3) is 0 Å². The minimum Gasteiger partial charge on any atom is -0.505 e. The number of carbonyl (C=O) groups excluding carboxylic acids is 1. The summed E-state index contributed by atoms with van der Waals surface area (Å²) in [5.74, 6) is 0.622. The molecule has 2 aromatic heterocycles. The van der Waals surface area contributed by atoms with Crippen molar-refractivity contribution in [2.24, 2.45) is 7.05 Å². The number of carbonyl (C=O) groups is 1. The smallest absolute Gasteiger partial charge is 0.276 e. The number of aromatic hydroxyl groups is 1. The lowest BCUT2D eigenvalue weighted by molar-refractivity contribution is 0.0465. The van der Waals surface area contributed by atoms with Gasteiger partial charge in [0.15, 0.2) is 5.69 Å². The zero-order chi connectivity index (χ0) is 16.4. The Bertz CT molecular complexity index is 699. The molecule has 1 amide bonds. The van der Waals surface area contributed by atoms with Crippen LogP contribution < -0.4 is 0 Å². The molecule has 1 N–H and O–H groups in total. The maximum atomic E-state index is 12.7. The monoisotopic (exact) mass is 315 g/mol. The molecule has 3 heterocycles. The molecule has 1 atom stereocenters. The Balaban J connectivity index is 1.84. The molecule has 1 fully saturated rings. The van der Waals surface area contributed by atoms with Crippen LogP contribution in [0.15, 0.2) is 30.7 Å². The van der Waals surface area contributed by atoms with Gasteiger partial charge in [-0.3, -0.25) is 9.69 Å². The summed E-state index contributed by atoms with van der Waals surface area (Å²) in [6, 6.07) is 3.14. The van der Waals surface area contributed by atoms with Gasteiger partial charge in [-0.15, -0.1) is 0 Å². The summed E-state index contributed by atoms with van der Waals surface area (Å²) in [6.07, 6.45) is 5.20. The third-order valence-corrected chi connectivity index (χ3v) is 4.33. The van der Waals surface area contributed by atoms with Crippen LogP contribution in [0.3, 0.4) is 0 Å². The standard InChI is InChI=1S/C16H21N5O2/c1-3-20-9-10-21(11-12(20)15-18-7-8-19(15)2)16(23)14-13(22)5-4-6-17-14/h4-8,12,22H,3,9-11H2,1-2H3/t12-/m0/s1. The Morgan fingerprint density at radius 1 is 1.35 bits per heavy atom. The van der Waals surface area contributed by atoms with Crippen molar-refractivity contribution in [2.75, 3.05) is 26.2 Å². The molecular weight excluding hydrogens is 294 g/mol. The zero-order valence-electron chi connectivity index (χ0n) is 13.4. The molecule has 1 aliphatic rings. The van der Waals surface area contributed by atoms with Crippen molar-refractivity contribution in [3.63, 3.8) is 0 Å². The second-order valence-electron chi connectivity index (χ2n) is 5.66. The summed E-state index contributed by atoms with van der Waals surface area (Å²) in [7, 11) is 1.96. The van der Waals surface area contributed by atoms with Gasteiger partial charge in [-0.05, 0) is 18.7 Å². The second-order valence-corrected chi connectivity index (χ2v) is 5.66. The number of likely N-dealkylation sites (N-methyl/N-ethyl adjacent to an activating group) is 1. The summed E-state index contributed by atoms with van der Waals surface area (Å²) in [5, 5.41) is 9.87. The number of hydrogen-bond acceptors (Lipinski definition) is 5. The number of hydrogen-bond donors (Lipinski definition) is 1. The van der Waals surface area contributed by atoms with Crippen molar-refractivity contribution < 1.29 is 9.90 Å². The normalized spacial score (nSPS) is 19.0. The Kier molecular flexibility index (Phi) is 4.29. The first-order valence-corrected chi connectivity index (χ1v) is 7.76. The van der Waals surface area contributed by atoms with Gasteiger partial charge in [0.25, 0.3) is 5.91 Å². The predicted molar refractivity (Wildman–Crippen MR) is 85.0 cm³/mol. The third kappa shape index (κ3) is 2.92. The predicted octanol–water partition coefficient (Wildman–Crippen LogP) is 1.04. The first kappa shape index (κ1) is 15.5. The topological polar surface area (TPSA) is 74.5 Å². The van der Waals surface area contributed by atoms with Gasteiger partial charge >= 0.3 is 0 Å². The van der Waals surface area contributed by atoms with E-state index in [1.807, 2.05) is 17.8 Å². The summed E-state index contributed by atoms with van der Waals surface area (Å²) < 4.78 is 1.99. The van der Waals surface area contributed by atoms with Crippen molar-refractivity contribution in [2.45, 2.75) is 13.0 Å². The summed E-state index contributed by atoms with van der Waals surface area (Å²) >= 11 is 0. The fourth-order valence-corrected chi connectivity index (χ4v) is 3.04. The number of pyridine rings is 1. The van der Waals surface area contributed by atoms with Gasteiger partial charge in [-0.25, -0.2) is 9.97 Å². The molecule has 1 saturated heterocycles. The van der Waals surface area contributed by atoms with Crippen molar-refractivity contribution in [1.29, 1.82) is 0 Å². The van der Waals surface area contributed by atoms with Crippen LogP contribution >= 0.6 is 0 Å². The highest BCUT2D eigenvalue weighted by atomic mass is 16.3. The fraction of sp³-hybridized carbons (Fsp3) is 0.438. The van der Waals surface area contributed by atoms with E-state index in [4.69, 9.17) is 0 Å². The van der Waals surface area contributed by atoms with Crippen LogP contribution in [0.2, 0.25) is 0 Å². The molecule has 7 nitrogen and oxygen atoms in total. The highest BCUT2D eigenvalue weighted by Crippen LogP contribution is 2.25. The minimum absolute atomic E-state index is 0.0450. The van der Waals surface area contributed by atoms with Crippen molar-refractivity contribution in [1.82, 2.24) is 24.3 Å². The third-order valence-electron chi connectivity index (χ3n) is 4.33. The van der Waals surface area contributed by atoms with Crippen LogP contribution in [-0.2, 0) is 7.05 Å². The van der Waals surface area contributed by atoms with E-state index in [1.54, 1.807) is 17.2 Å². The fourth-order valence-electron chi connectivity index (χ4n) is 3.04. The van der Waals surface area contributed by atoms with Gasteiger partial charge in [0, 0.05) is 45.3 Å². The van der Waals surface area contributed by atoms with E-state index in [0.29, 0.717) is 13.1 Å². The van der Waals surface area contributed by atoms with E-state index in [2.05, 4.69) is 21.8 Å². The highest BCUT2D eigenvalue weighted by molar-refractivity contribution is 5.94. The van der Waals surface area contributed by atoms with E-state index in [9.17, 15) is 9.90 Å². The maximum absolute atomic E-state index is 12.7. The molecule has 0 saturated carbocycles. The lowest BCUT2D eigenvalue weighted by Crippen LogP contribution is -2.51. The van der Waals surface area contributed by atoms with E-state index >= 15 is 0 Å². The number of piperazine rings is 1. The maximum Gasteiger partial charge on any atom is 0.276 e. The molecule has 23 heavy (non-hydrogen) atoms. The summed E-state index contributed by atoms with van der Waals surface area (Å²) in [5.41, 5.74) is 0.107. The number of imidazole rings is 1. The van der Waals surface area contributed by atoms with Crippen molar-refractivity contribution in [3.8, 4) is 5.75 Å². The first-order chi connectivity index (χ1) is 11.1. The molecule has 0 aromatic carbocycles. The largest absolute Gasteiger partial charge is 0.505 e. The minimum atomic E-state index is -0.238. The van der Waals surface area contributed by atoms with E-state index in [-0.39, 0.29) is 23.4 Å². The number of aryl methyl sites for hydroxylation is 1. The van der Waals surface area contributed by atoms with E-state index in [1.165, 1.54) is 12.3 Å². The summed E-state index contributed by atoms with van der Waals surface area (Å²) in [6.45, 7) is 4.93. The molecule has 0 radical (unpaired) electrons. The van der Waals surface area contributed by atoms with Crippen LogP contribution in [0, 0.1) is 0 Å². The molecule has 0 bridgehead atoms. The van der Waals surface area contributed by atoms with Crippen LogP contribution in [0.5, 0.6) is 5.75 Å². The number of nitrogens with zero attached hydrogens (tertiary/aromatic N) is 5. The zero-order valence-corrected chi connectivity index (χ0v) is 13.4. The van der Waals surface area contributed by atoms with Gasteiger partial charge in [0.05, 0.1) is 6.04 Å². The van der Waals surface area contributed by atoms with Gasteiger partial charge in [-0.1, -0.05) is 6.92 Å². The molecule has 3 rings (SSSR count). The van der Waals surface area contributed by atoms with Crippen LogP contribution in [0.4, 0.5) is 0 Å². The SMILES string of the molecule is CCN1CCN(C(=O)c2ncccc2O)C[C@H]1c1nccn1C. The highest BCUT2D eigenvalue weighted by Gasteiger charge is 2.33. The number of rotatable bonds is 3. The molecule has 0 spiro atoms. The molecule has 122 valence electrons. The molecule has 1 aliphatic heterocycles. The average molecular weight is 315 g/mol. The molecule has 7 heteroatoms. The van der Waals surface area contributed by atoms with Crippen molar-refractivity contribution in [3.05, 3.63) is 42.2 Å². The van der Waals surface area contributed by atoms with E-state index in [0.717, 1.165) is 18.9 Å². The quantitative estimate of drug-likeness (QED) is 0.916. The first-order valence-electron chi connectivity index (χ1n) is 7.76. The Labute approximate surface area is 135 Å². The van der Waals surface area contributed by atoms with E-state index < -0.39 is 0 Å². The van der Waals surface area contributed by atoms with Gasteiger partial charge in [0.1, 0.15) is 11.6 Å². The van der Waals surface area contributed by atoms with Gasteiger partial charge < -0.3 is 14.6 Å².